The summed E-state index contributed by atoms with van der Waals surface area (Å²) in [6, 6.07) is 2.35. The van der Waals surface area contributed by atoms with Crippen molar-refractivity contribution in [2.75, 3.05) is 5.32 Å². The molecular formula is C12H19N5. The largest absolute Gasteiger partial charge is 0.353 e. The van der Waals surface area contributed by atoms with Crippen LogP contribution in [0.3, 0.4) is 0 Å². The van der Waals surface area contributed by atoms with Crippen LogP contribution in [0.5, 0.6) is 0 Å². The van der Waals surface area contributed by atoms with E-state index in [4.69, 9.17) is 0 Å². The Morgan fingerprint density at radius 1 is 1.24 bits per heavy atom. The highest BCUT2D eigenvalue weighted by atomic mass is 15.3. The molecule has 2 heterocycles. The van der Waals surface area contributed by atoms with Crippen molar-refractivity contribution in [1.82, 2.24) is 19.3 Å². The van der Waals surface area contributed by atoms with Gasteiger partial charge in [0.25, 0.3) is 0 Å². The first-order valence-corrected chi connectivity index (χ1v) is 6.01. The van der Waals surface area contributed by atoms with Gasteiger partial charge in [0, 0.05) is 43.9 Å². The van der Waals surface area contributed by atoms with Crippen LogP contribution in [0.1, 0.15) is 20.3 Å². The van der Waals surface area contributed by atoms with E-state index < -0.39 is 0 Å². The van der Waals surface area contributed by atoms with Crippen LogP contribution in [0.25, 0.3) is 0 Å². The molecule has 0 atom stereocenters. The van der Waals surface area contributed by atoms with Crippen molar-refractivity contribution in [3.8, 4) is 0 Å². The molecule has 5 nitrogen and oxygen atoms in total. The van der Waals surface area contributed by atoms with Crippen molar-refractivity contribution in [2.45, 2.75) is 39.4 Å². The molecule has 92 valence electrons. The monoisotopic (exact) mass is 233 g/mol. The van der Waals surface area contributed by atoms with Gasteiger partial charge in [-0.15, -0.1) is 0 Å². The lowest BCUT2D eigenvalue weighted by Crippen LogP contribution is -2.15. The Bertz CT molecular complexity index is 429. The number of anilines is 1. The Kier molecular flexibility index (Phi) is 3.80. The maximum absolute atomic E-state index is 4.30. The van der Waals surface area contributed by atoms with Crippen LogP contribution in [0, 0.1) is 0 Å². The molecule has 0 unspecified atom stereocenters. The molecule has 2 aromatic rings. The van der Waals surface area contributed by atoms with Gasteiger partial charge in [-0.25, -0.2) is 4.98 Å². The minimum atomic E-state index is 0.405. The Morgan fingerprint density at radius 3 is 2.82 bits per heavy atom. The second-order valence-electron chi connectivity index (χ2n) is 4.37. The molecule has 0 aromatic carbocycles. The van der Waals surface area contributed by atoms with Gasteiger partial charge in [0.15, 0.2) is 0 Å². The molecule has 1 N–H and O–H groups in total. The van der Waals surface area contributed by atoms with Crippen molar-refractivity contribution in [3.63, 3.8) is 0 Å². The Hall–Kier alpha value is -1.78. The second kappa shape index (κ2) is 5.52. The highest BCUT2D eigenvalue weighted by molar-refractivity contribution is 5.26. The summed E-state index contributed by atoms with van der Waals surface area (Å²) in [7, 11) is 0. The zero-order chi connectivity index (χ0) is 12.1. The quantitative estimate of drug-likeness (QED) is 0.830. The van der Waals surface area contributed by atoms with Gasteiger partial charge in [0.2, 0.25) is 5.95 Å². The van der Waals surface area contributed by atoms with Gasteiger partial charge < -0.3 is 9.88 Å². The Morgan fingerprint density at radius 2 is 2.12 bits per heavy atom. The van der Waals surface area contributed by atoms with Crippen LogP contribution in [-0.2, 0) is 13.1 Å². The number of aryl methyl sites for hydroxylation is 2. The molecule has 0 amide bonds. The van der Waals surface area contributed by atoms with Crippen LogP contribution < -0.4 is 5.32 Å². The molecule has 2 rings (SSSR count). The van der Waals surface area contributed by atoms with E-state index >= 15 is 0 Å². The van der Waals surface area contributed by atoms with E-state index in [1.165, 1.54) is 0 Å². The number of aromatic nitrogens is 4. The highest BCUT2D eigenvalue weighted by Gasteiger charge is 2.03. The molecule has 5 heteroatoms. The molecule has 0 bridgehead atoms. The van der Waals surface area contributed by atoms with Gasteiger partial charge in [-0.05, 0) is 26.3 Å². The van der Waals surface area contributed by atoms with Gasteiger partial charge in [0.1, 0.15) is 0 Å². The number of hydrogen-bond donors (Lipinski definition) is 1. The van der Waals surface area contributed by atoms with E-state index in [1.807, 2.05) is 35.5 Å². The summed E-state index contributed by atoms with van der Waals surface area (Å²) in [5.41, 5.74) is 0. The zero-order valence-electron chi connectivity index (χ0n) is 10.4. The third-order valence-corrected chi connectivity index (χ3v) is 2.48. The molecule has 0 saturated carbocycles. The molecule has 0 saturated heterocycles. The first kappa shape index (κ1) is 11.7. The average Bonchev–Trinajstić information content (AvgIpc) is 2.90. The summed E-state index contributed by atoms with van der Waals surface area (Å²) >= 11 is 0. The minimum Gasteiger partial charge on any atom is -0.353 e. The van der Waals surface area contributed by atoms with Crippen LogP contribution in [0.2, 0.25) is 0 Å². The van der Waals surface area contributed by atoms with E-state index in [0.717, 1.165) is 25.5 Å². The molecular weight excluding hydrogens is 214 g/mol. The van der Waals surface area contributed by atoms with Crippen molar-refractivity contribution >= 4 is 5.95 Å². The summed E-state index contributed by atoms with van der Waals surface area (Å²) in [4.78, 5) is 4.30. The van der Waals surface area contributed by atoms with Crippen LogP contribution >= 0.6 is 0 Å². The summed E-state index contributed by atoms with van der Waals surface area (Å²) in [6.07, 6.45) is 8.68. The lowest BCUT2D eigenvalue weighted by molar-refractivity contribution is 0.528. The lowest BCUT2D eigenvalue weighted by atomic mass is 10.4. The SMILES string of the molecule is CC(C)Nc1nccn1CCCn1cccn1. The van der Waals surface area contributed by atoms with E-state index in [0.29, 0.717) is 6.04 Å². The van der Waals surface area contributed by atoms with Gasteiger partial charge >= 0.3 is 0 Å². The summed E-state index contributed by atoms with van der Waals surface area (Å²) in [5, 5.41) is 7.51. The summed E-state index contributed by atoms with van der Waals surface area (Å²) < 4.78 is 4.09. The third-order valence-electron chi connectivity index (χ3n) is 2.48. The summed E-state index contributed by atoms with van der Waals surface area (Å²) in [6.45, 7) is 6.12. The van der Waals surface area contributed by atoms with Gasteiger partial charge in [0.05, 0.1) is 0 Å². The van der Waals surface area contributed by atoms with Gasteiger partial charge in [-0.1, -0.05) is 0 Å². The fourth-order valence-electron chi connectivity index (χ4n) is 1.72. The number of hydrogen-bond acceptors (Lipinski definition) is 3. The van der Waals surface area contributed by atoms with Crippen molar-refractivity contribution < 1.29 is 0 Å². The Labute approximate surface area is 101 Å². The minimum absolute atomic E-state index is 0.405. The number of nitrogens with zero attached hydrogens (tertiary/aromatic N) is 4. The number of nitrogens with one attached hydrogen (secondary N) is 1. The van der Waals surface area contributed by atoms with E-state index in [1.54, 1.807) is 0 Å². The van der Waals surface area contributed by atoms with E-state index in [9.17, 15) is 0 Å². The van der Waals surface area contributed by atoms with Crippen molar-refractivity contribution in [3.05, 3.63) is 30.9 Å². The topological polar surface area (TPSA) is 47.7 Å². The van der Waals surface area contributed by atoms with Gasteiger partial charge in [-0.2, -0.15) is 5.10 Å². The first-order chi connectivity index (χ1) is 8.25. The normalized spacial score (nSPS) is 11.0. The fraction of sp³-hybridized carbons (Fsp3) is 0.500. The van der Waals surface area contributed by atoms with E-state index in [-0.39, 0.29) is 0 Å². The molecule has 0 aliphatic heterocycles. The van der Waals surface area contributed by atoms with Crippen LogP contribution in [0.15, 0.2) is 30.9 Å². The van der Waals surface area contributed by atoms with Crippen molar-refractivity contribution in [1.29, 1.82) is 0 Å². The predicted octanol–water partition coefficient (Wildman–Crippen LogP) is 1.99. The molecule has 2 aromatic heterocycles. The standard InChI is InChI=1S/C12H19N5/c1-11(2)15-12-13-6-10-16(12)7-4-9-17-8-3-5-14-17/h3,5-6,8,10-11H,4,7,9H2,1-2H3,(H,13,15). The number of imidazole rings is 1. The van der Waals surface area contributed by atoms with Crippen LogP contribution in [-0.4, -0.2) is 25.4 Å². The molecule has 0 radical (unpaired) electrons. The molecule has 0 aliphatic rings. The summed E-state index contributed by atoms with van der Waals surface area (Å²) in [5.74, 6) is 0.945. The van der Waals surface area contributed by atoms with Crippen LogP contribution in [0.4, 0.5) is 5.95 Å². The lowest BCUT2D eigenvalue weighted by Gasteiger charge is -2.12. The number of rotatable bonds is 6. The zero-order valence-corrected chi connectivity index (χ0v) is 10.4. The molecule has 17 heavy (non-hydrogen) atoms. The smallest absolute Gasteiger partial charge is 0.202 e. The Balaban J connectivity index is 1.84. The predicted molar refractivity (Wildman–Crippen MR) is 67.8 cm³/mol. The molecule has 0 spiro atoms. The third kappa shape index (κ3) is 3.34. The average molecular weight is 233 g/mol. The van der Waals surface area contributed by atoms with E-state index in [2.05, 4.69) is 33.8 Å². The first-order valence-electron chi connectivity index (χ1n) is 6.01. The van der Waals surface area contributed by atoms with Crippen molar-refractivity contribution in [2.24, 2.45) is 0 Å². The molecule has 0 aliphatic carbocycles. The maximum Gasteiger partial charge on any atom is 0.202 e. The molecule has 0 fully saturated rings. The van der Waals surface area contributed by atoms with Gasteiger partial charge in [-0.3, -0.25) is 4.68 Å². The maximum atomic E-state index is 4.30. The second-order valence-corrected chi connectivity index (χ2v) is 4.37. The highest BCUT2D eigenvalue weighted by Crippen LogP contribution is 2.07. The fourth-order valence-corrected chi connectivity index (χ4v) is 1.72.